The van der Waals surface area contributed by atoms with E-state index in [0.29, 0.717) is 29.0 Å². The first-order valence-electron chi connectivity index (χ1n) is 11.1. The van der Waals surface area contributed by atoms with Crippen molar-refractivity contribution in [3.63, 3.8) is 0 Å². The minimum atomic E-state index is -0.747. The number of aromatic nitrogens is 3. The lowest BCUT2D eigenvalue weighted by Gasteiger charge is -2.23. The molecule has 2 amide bonds. The fourth-order valence-electron chi connectivity index (χ4n) is 4.17. The van der Waals surface area contributed by atoms with E-state index in [2.05, 4.69) is 37.4 Å². The van der Waals surface area contributed by atoms with E-state index in [9.17, 15) is 9.59 Å². The van der Waals surface area contributed by atoms with Gasteiger partial charge in [-0.05, 0) is 43.9 Å². The van der Waals surface area contributed by atoms with Gasteiger partial charge in [0, 0.05) is 13.1 Å². The van der Waals surface area contributed by atoms with Crippen LogP contribution in [0.25, 0.3) is 21.7 Å². The summed E-state index contributed by atoms with van der Waals surface area (Å²) in [5, 5.41) is 9.82. The van der Waals surface area contributed by atoms with Crippen molar-refractivity contribution in [1.29, 1.82) is 0 Å². The second-order valence-electron chi connectivity index (χ2n) is 8.20. The number of hydrogen-bond donors (Lipinski definition) is 2. The lowest BCUT2D eigenvalue weighted by atomic mass is 10.0. The van der Waals surface area contributed by atoms with Gasteiger partial charge in [-0.25, -0.2) is 9.44 Å². The first-order valence-corrected chi connectivity index (χ1v) is 15.2. The van der Waals surface area contributed by atoms with Gasteiger partial charge in [0.15, 0.2) is 0 Å². The Hall–Kier alpha value is -3.56. The molecule has 180 valence electrons. The summed E-state index contributed by atoms with van der Waals surface area (Å²) in [6, 6.07) is 23.6. The number of rotatable bonds is 6. The van der Waals surface area contributed by atoms with Crippen molar-refractivity contribution in [1.82, 2.24) is 19.4 Å². The molecule has 1 atom stereocenters. The number of nitrogens with two attached hydrogens (primary N) is 1. The monoisotopic (exact) mass is 608 g/mol. The fourth-order valence-corrected chi connectivity index (χ4v) is 5.70. The van der Waals surface area contributed by atoms with Gasteiger partial charge in [0.2, 0.25) is 0 Å². The van der Waals surface area contributed by atoms with Gasteiger partial charge in [0.05, 0.1) is 29.8 Å². The standard InChI is InChI=1S/C26H22IN6O2P/c27-36-33-23-21(13-30-33)24(28)29-14-22(23)31-25(34)26(35)32(15-17-7-2-1-3-8-17)16-19-11-6-10-18-9-4-5-12-20(18)19/h1-14,36H,15-16H2,(H2,28,29)(H,31,34). The Kier molecular flexibility index (Phi) is 7.11. The Morgan fingerprint density at radius 2 is 1.69 bits per heavy atom. The number of pyridine rings is 1. The SMILES string of the molecule is Nc1ncc(NC(=O)C(=O)N(Cc2ccccc2)Cc2cccc3ccccc23)c2c1cnn2PI. The molecule has 1 unspecified atom stereocenters. The molecule has 10 heteroatoms. The number of carbonyl (C=O) groups is 2. The fraction of sp³-hybridized carbons (Fsp3) is 0.0769. The third kappa shape index (κ3) is 4.89. The number of benzene rings is 3. The molecule has 0 bridgehead atoms. The molecule has 0 aliphatic rings. The number of anilines is 2. The molecule has 0 radical (unpaired) electrons. The molecule has 5 rings (SSSR count). The maximum Gasteiger partial charge on any atom is 0.314 e. The summed E-state index contributed by atoms with van der Waals surface area (Å²) in [6.07, 6.45) is 3.36. The zero-order chi connectivity index (χ0) is 25.1. The number of nitrogen functional groups attached to an aromatic ring is 1. The molecule has 0 aliphatic heterocycles. The summed E-state index contributed by atoms with van der Waals surface area (Å²) in [5.41, 5.74) is 8.92. The van der Waals surface area contributed by atoms with Crippen LogP contribution in [0.15, 0.2) is 85.2 Å². The second-order valence-corrected chi connectivity index (χ2v) is 10.2. The van der Waals surface area contributed by atoms with Crippen LogP contribution in [0.4, 0.5) is 11.5 Å². The topological polar surface area (TPSA) is 106 Å². The molecule has 2 heterocycles. The summed E-state index contributed by atoms with van der Waals surface area (Å²) in [7, 11) is 0. The number of fused-ring (bicyclic) bond motifs is 2. The lowest BCUT2D eigenvalue weighted by molar-refractivity contribution is -0.144. The molecule has 2 aromatic heterocycles. The van der Waals surface area contributed by atoms with E-state index < -0.39 is 11.8 Å². The van der Waals surface area contributed by atoms with Crippen molar-refractivity contribution in [2.45, 2.75) is 13.1 Å². The number of nitrogens with zero attached hydrogens (tertiary/aromatic N) is 4. The van der Waals surface area contributed by atoms with E-state index in [1.54, 1.807) is 15.5 Å². The van der Waals surface area contributed by atoms with Crippen LogP contribution in [0.1, 0.15) is 11.1 Å². The molecule has 8 nitrogen and oxygen atoms in total. The highest BCUT2D eigenvalue weighted by molar-refractivity contribution is 14.2. The number of carbonyl (C=O) groups excluding carboxylic acids is 2. The molecule has 0 saturated carbocycles. The van der Waals surface area contributed by atoms with Crippen LogP contribution < -0.4 is 11.1 Å². The van der Waals surface area contributed by atoms with E-state index >= 15 is 0 Å². The van der Waals surface area contributed by atoms with E-state index in [1.165, 1.54) is 6.20 Å². The molecule has 5 aromatic rings. The molecular formula is C26H22IN6O2P. The third-order valence-electron chi connectivity index (χ3n) is 5.90. The van der Waals surface area contributed by atoms with Crippen molar-refractivity contribution in [2.75, 3.05) is 11.1 Å². The van der Waals surface area contributed by atoms with E-state index in [4.69, 9.17) is 5.73 Å². The van der Waals surface area contributed by atoms with E-state index in [0.717, 1.165) is 21.9 Å². The van der Waals surface area contributed by atoms with E-state index in [-0.39, 0.29) is 12.9 Å². The minimum Gasteiger partial charge on any atom is -0.383 e. The highest BCUT2D eigenvalue weighted by Crippen LogP contribution is 2.34. The predicted octanol–water partition coefficient (Wildman–Crippen LogP) is 5.13. The van der Waals surface area contributed by atoms with Crippen molar-refractivity contribution in [2.24, 2.45) is 0 Å². The Balaban J connectivity index is 1.47. The van der Waals surface area contributed by atoms with Gasteiger partial charge < -0.3 is 16.0 Å². The summed E-state index contributed by atoms with van der Waals surface area (Å²) in [5.74, 6) is -1.07. The quantitative estimate of drug-likeness (QED) is 0.158. The molecule has 0 fully saturated rings. The Morgan fingerprint density at radius 3 is 2.50 bits per heavy atom. The zero-order valence-corrected chi connectivity index (χ0v) is 22.2. The third-order valence-corrected chi connectivity index (χ3v) is 7.77. The average molecular weight is 608 g/mol. The van der Waals surface area contributed by atoms with Gasteiger partial charge in [0.25, 0.3) is 0 Å². The summed E-state index contributed by atoms with van der Waals surface area (Å²) >= 11 is 2.19. The molecule has 0 spiro atoms. The minimum absolute atomic E-state index is 0.283. The van der Waals surface area contributed by atoms with Crippen LogP contribution in [0.3, 0.4) is 0 Å². The molecule has 3 aromatic carbocycles. The first-order chi connectivity index (χ1) is 17.5. The second kappa shape index (κ2) is 10.6. The van der Waals surface area contributed by atoms with Crippen LogP contribution in [0.5, 0.6) is 0 Å². The number of nitrogens with one attached hydrogen (secondary N) is 1. The van der Waals surface area contributed by atoms with Crippen molar-refractivity contribution >= 4 is 73.4 Å². The maximum atomic E-state index is 13.5. The summed E-state index contributed by atoms with van der Waals surface area (Å²) < 4.78 is 1.73. The normalized spacial score (nSPS) is 11.4. The van der Waals surface area contributed by atoms with Crippen molar-refractivity contribution in [3.05, 3.63) is 96.3 Å². The summed E-state index contributed by atoms with van der Waals surface area (Å²) in [4.78, 5) is 32.5. The average Bonchev–Trinajstić information content (AvgIpc) is 3.36. The van der Waals surface area contributed by atoms with Gasteiger partial charge in [0.1, 0.15) is 11.3 Å². The molecular weight excluding hydrogens is 586 g/mol. The Morgan fingerprint density at radius 1 is 0.944 bits per heavy atom. The van der Waals surface area contributed by atoms with Crippen LogP contribution in [-0.2, 0) is 22.7 Å². The largest absolute Gasteiger partial charge is 0.383 e. The maximum absolute atomic E-state index is 13.5. The Labute approximate surface area is 222 Å². The van der Waals surface area contributed by atoms with Gasteiger partial charge in [-0.2, -0.15) is 5.10 Å². The van der Waals surface area contributed by atoms with Crippen molar-refractivity contribution in [3.8, 4) is 0 Å². The van der Waals surface area contributed by atoms with Gasteiger partial charge in [-0.15, -0.1) is 0 Å². The highest BCUT2D eigenvalue weighted by Gasteiger charge is 2.25. The van der Waals surface area contributed by atoms with Gasteiger partial charge >= 0.3 is 11.8 Å². The van der Waals surface area contributed by atoms with Crippen molar-refractivity contribution < 1.29 is 9.59 Å². The summed E-state index contributed by atoms with van der Waals surface area (Å²) in [6.45, 7) is 0.573. The van der Waals surface area contributed by atoms with Crippen LogP contribution in [0, 0.1) is 0 Å². The molecule has 0 saturated heterocycles. The van der Waals surface area contributed by atoms with Crippen LogP contribution >= 0.6 is 28.4 Å². The number of amides is 2. The van der Waals surface area contributed by atoms with E-state index in [1.807, 2.05) is 72.8 Å². The number of halogens is 1. The predicted molar refractivity (Wildman–Crippen MR) is 153 cm³/mol. The Bertz CT molecular complexity index is 1570. The van der Waals surface area contributed by atoms with Gasteiger partial charge in [-0.3, -0.25) is 9.59 Å². The lowest BCUT2D eigenvalue weighted by Crippen LogP contribution is -2.39. The van der Waals surface area contributed by atoms with Crippen LogP contribution in [-0.4, -0.2) is 31.2 Å². The number of hydrogen-bond acceptors (Lipinski definition) is 5. The molecule has 0 aliphatic carbocycles. The van der Waals surface area contributed by atoms with Crippen LogP contribution in [0.2, 0.25) is 0 Å². The smallest absolute Gasteiger partial charge is 0.314 e. The molecule has 36 heavy (non-hydrogen) atoms. The molecule has 3 N–H and O–H groups in total. The highest BCUT2D eigenvalue weighted by atomic mass is 127. The first kappa shape index (κ1) is 24.1. The zero-order valence-electron chi connectivity index (χ0n) is 19.1. The van der Waals surface area contributed by atoms with Gasteiger partial charge in [-0.1, -0.05) is 72.8 Å².